The van der Waals surface area contributed by atoms with Gasteiger partial charge in [-0.2, -0.15) is 0 Å². The fourth-order valence-electron chi connectivity index (χ4n) is 0.639. The topological polar surface area (TPSA) is 26.0 Å². The van der Waals surface area contributed by atoms with Crippen molar-refractivity contribution in [2.75, 3.05) is 6.29 Å². The van der Waals surface area contributed by atoms with Crippen molar-refractivity contribution >= 4 is 13.9 Å². The Morgan fingerprint density at radius 2 is 1.80 bits per heavy atom. The van der Waals surface area contributed by atoms with E-state index >= 15 is 0 Å². The summed E-state index contributed by atoms with van der Waals surface area (Å²) in [7, 11) is 1.21. The molecular weight excluding hydrogens is 235 g/mol. The molecule has 0 atom stereocenters. The summed E-state index contributed by atoms with van der Waals surface area (Å²) >= 11 is 0. The van der Waals surface area contributed by atoms with E-state index < -0.39 is 0 Å². The van der Waals surface area contributed by atoms with Gasteiger partial charge in [-0.05, 0) is 13.9 Å². The average molecular weight is 245 g/mol. The maximum absolute atomic E-state index is 5.35. The minimum absolute atomic E-state index is 0. The van der Waals surface area contributed by atoms with Crippen LogP contribution in [0.15, 0.2) is 30.3 Å². The van der Waals surface area contributed by atoms with Crippen molar-refractivity contribution in [1.82, 2.24) is 0 Å². The first kappa shape index (κ1) is 10.3. The van der Waals surface area contributed by atoms with Crippen LogP contribution in [0.5, 0.6) is 0 Å². The van der Waals surface area contributed by atoms with Gasteiger partial charge in [-0.25, -0.2) is 0 Å². The zero-order chi connectivity index (χ0) is 6.53. The molecule has 0 aliphatic carbocycles. The molecule has 10 heavy (non-hydrogen) atoms. The monoisotopic (exact) mass is 244 g/mol. The number of nitrogens with two attached hydrogens (primary N) is 1. The van der Waals surface area contributed by atoms with E-state index in [0.717, 1.165) is 0 Å². The van der Waals surface area contributed by atoms with Crippen LogP contribution in [-0.2, 0) is 20.4 Å². The molecule has 0 saturated carbocycles. The second-order valence-electron chi connectivity index (χ2n) is 1.68. The van der Waals surface area contributed by atoms with Gasteiger partial charge in [-0.15, -0.1) is 0 Å². The van der Waals surface area contributed by atoms with Crippen LogP contribution in [-0.4, -0.2) is 6.29 Å². The maximum atomic E-state index is 5.35. The van der Waals surface area contributed by atoms with Crippen molar-refractivity contribution in [3.63, 3.8) is 0 Å². The minimum Gasteiger partial charge on any atom is -0.326 e. The van der Waals surface area contributed by atoms with E-state index in [9.17, 15) is 0 Å². The first-order chi connectivity index (χ1) is 4.43. The molecule has 0 aromatic heterocycles. The van der Waals surface area contributed by atoms with Gasteiger partial charge in [0.25, 0.3) is 0 Å². The molecule has 0 spiro atoms. The Morgan fingerprint density at radius 1 is 1.20 bits per heavy atom. The minimum atomic E-state index is 0. The van der Waals surface area contributed by atoms with Crippen molar-refractivity contribution in [3.05, 3.63) is 30.3 Å². The summed E-state index contributed by atoms with van der Waals surface area (Å²) in [5.41, 5.74) is 5.35. The normalized spacial score (nSPS) is 9.70. The number of hydrogen-bond acceptors (Lipinski definition) is 1. The van der Waals surface area contributed by atoms with Crippen LogP contribution >= 0.6 is 8.58 Å². The van der Waals surface area contributed by atoms with E-state index in [0.29, 0.717) is 6.29 Å². The van der Waals surface area contributed by atoms with Gasteiger partial charge < -0.3 is 5.73 Å². The summed E-state index contributed by atoms with van der Waals surface area (Å²) in [6.07, 6.45) is 0.712. The van der Waals surface area contributed by atoms with Gasteiger partial charge in [0.2, 0.25) is 0 Å². The van der Waals surface area contributed by atoms with Crippen molar-refractivity contribution in [2.45, 2.75) is 0 Å². The maximum Gasteiger partial charge on any atom is 0.0212 e. The molecule has 0 aliphatic rings. The molecule has 0 amide bonds. The van der Waals surface area contributed by atoms with Gasteiger partial charge in [-0.3, -0.25) is 0 Å². The quantitative estimate of drug-likeness (QED) is 0.613. The van der Waals surface area contributed by atoms with Gasteiger partial charge >= 0.3 is 0 Å². The van der Waals surface area contributed by atoms with E-state index in [2.05, 4.69) is 12.1 Å². The Balaban J connectivity index is 0.000000810. The predicted octanol–water partition coefficient (Wildman–Crippen LogP) is 1.17. The molecule has 0 fully saturated rings. The second kappa shape index (κ2) is 6.01. The second-order valence-corrected chi connectivity index (χ2v) is 2.87. The van der Waals surface area contributed by atoms with E-state index in [-0.39, 0.29) is 20.4 Å². The fourth-order valence-corrected chi connectivity index (χ4v) is 1.23. The van der Waals surface area contributed by atoms with Gasteiger partial charge in [0.1, 0.15) is 0 Å². The number of rotatable bonds is 2. The number of benzene rings is 1. The summed E-state index contributed by atoms with van der Waals surface area (Å²) in [6.45, 7) is 0. The van der Waals surface area contributed by atoms with Gasteiger partial charge in [0.05, 0.1) is 0 Å². The molecule has 0 heterocycles. The predicted molar refractivity (Wildman–Crippen MR) is 42.1 cm³/mol. The van der Waals surface area contributed by atoms with Crippen molar-refractivity contribution in [1.29, 1.82) is 0 Å². The Labute approximate surface area is 76.8 Å². The van der Waals surface area contributed by atoms with Crippen LogP contribution in [0.4, 0.5) is 0 Å². The standard InChI is InChI=1S/C7H9NP.Pd/c8-6-9-7-4-2-1-3-5-7;/h1-5H,6,8H2;. The van der Waals surface area contributed by atoms with Crippen LogP contribution in [0.2, 0.25) is 0 Å². The van der Waals surface area contributed by atoms with Crippen LogP contribution in [0, 0.1) is 0 Å². The van der Waals surface area contributed by atoms with Crippen molar-refractivity contribution in [2.24, 2.45) is 5.73 Å². The van der Waals surface area contributed by atoms with Crippen LogP contribution in [0.3, 0.4) is 0 Å². The van der Waals surface area contributed by atoms with Gasteiger partial charge in [0.15, 0.2) is 0 Å². The molecule has 1 radical (unpaired) electrons. The Morgan fingerprint density at radius 3 is 2.30 bits per heavy atom. The third-order valence-corrected chi connectivity index (χ3v) is 1.88. The molecule has 1 rings (SSSR count). The molecule has 0 saturated heterocycles. The first-order valence-electron chi connectivity index (χ1n) is 2.86. The van der Waals surface area contributed by atoms with Crippen molar-refractivity contribution in [3.8, 4) is 0 Å². The molecule has 3 heteroatoms. The molecule has 0 bridgehead atoms. The third-order valence-electron chi connectivity index (χ3n) is 1.03. The van der Waals surface area contributed by atoms with Gasteiger partial charge in [-0.1, -0.05) is 30.3 Å². The fraction of sp³-hybridized carbons (Fsp3) is 0.143. The Kier molecular flexibility index (Phi) is 6.18. The SMILES string of the molecule is NC[P]c1ccccc1.[Pd]. The Bertz CT molecular complexity index is 167. The molecule has 1 aromatic carbocycles. The summed E-state index contributed by atoms with van der Waals surface area (Å²) < 4.78 is 0. The summed E-state index contributed by atoms with van der Waals surface area (Å²) in [5.74, 6) is 0. The van der Waals surface area contributed by atoms with E-state index in [4.69, 9.17) is 5.73 Å². The van der Waals surface area contributed by atoms with E-state index in [1.165, 1.54) is 13.9 Å². The average Bonchev–Trinajstić information content (AvgIpc) is 1.91. The molecule has 0 aliphatic heterocycles. The zero-order valence-electron chi connectivity index (χ0n) is 5.43. The van der Waals surface area contributed by atoms with E-state index in [1.807, 2.05) is 18.2 Å². The van der Waals surface area contributed by atoms with Gasteiger partial charge in [0, 0.05) is 26.7 Å². The van der Waals surface area contributed by atoms with Crippen molar-refractivity contribution < 1.29 is 20.4 Å². The van der Waals surface area contributed by atoms with Crippen LogP contribution in [0.25, 0.3) is 0 Å². The first-order valence-corrected chi connectivity index (χ1v) is 3.94. The summed E-state index contributed by atoms with van der Waals surface area (Å²) in [4.78, 5) is 0. The van der Waals surface area contributed by atoms with E-state index in [1.54, 1.807) is 0 Å². The summed E-state index contributed by atoms with van der Waals surface area (Å²) in [6, 6.07) is 10.2. The molecule has 0 unspecified atom stereocenters. The van der Waals surface area contributed by atoms with Crippen LogP contribution in [0.1, 0.15) is 0 Å². The zero-order valence-corrected chi connectivity index (χ0v) is 7.88. The largest absolute Gasteiger partial charge is 0.326 e. The Hall–Kier alpha value is 0.272. The molecule has 1 aromatic rings. The molecule has 57 valence electrons. The smallest absolute Gasteiger partial charge is 0.0212 e. The molecular formula is C7H9NPPd. The molecule has 1 nitrogen and oxygen atoms in total. The van der Waals surface area contributed by atoms with Crippen LogP contribution < -0.4 is 11.0 Å². The number of hydrogen-bond donors (Lipinski definition) is 1. The third kappa shape index (κ3) is 3.44. The molecule has 2 N–H and O–H groups in total. The summed E-state index contributed by atoms with van der Waals surface area (Å²) in [5, 5.41) is 1.29.